The Labute approximate surface area is 321 Å². The Bertz CT molecular complexity index is 1710. The van der Waals surface area contributed by atoms with Crippen LogP contribution in [0.3, 0.4) is 0 Å². The summed E-state index contributed by atoms with van der Waals surface area (Å²) in [6.07, 6.45) is 6.59. The number of anilines is 1. The van der Waals surface area contributed by atoms with E-state index in [0.717, 1.165) is 80.6 Å². The fourth-order valence-corrected chi connectivity index (χ4v) is 8.16. The summed E-state index contributed by atoms with van der Waals surface area (Å²) in [7, 11) is 0. The van der Waals surface area contributed by atoms with E-state index in [1.807, 2.05) is 57.3 Å². The molecule has 3 aliphatic rings. The summed E-state index contributed by atoms with van der Waals surface area (Å²) in [6, 6.07) is 18.4. The second-order valence-electron chi connectivity index (χ2n) is 16.5. The van der Waals surface area contributed by atoms with Gasteiger partial charge in [0.1, 0.15) is 18.0 Å². The van der Waals surface area contributed by atoms with E-state index in [-0.39, 0.29) is 11.4 Å². The fraction of sp³-hybridized carbons (Fsp3) is 0.571. The molecular formula is C42H56ClN7O3. The van der Waals surface area contributed by atoms with E-state index in [4.69, 9.17) is 26.1 Å². The first-order valence-corrected chi connectivity index (χ1v) is 19.6. The number of carbonyl (C=O) groups is 1. The van der Waals surface area contributed by atoms with Gasteiger partial charge in [-0.2, -0.15) is 5.26 Å². The van der Waals surface area contributed by atoms with Crippen LogP contribution in [0.15, 0.2) is 54.7 Å². The molecule has 6 rings (SSSR count). The van der Waals surface area contributed by atoms with Crippen LogP contribution in [0.4, 0.5) is 5.95 Å². The SMILES string of the molecule is CC(C)(C)OC(=O)CN1CCC(CN2CCC(N3CCN(c4nccc(COc5ccc(C(C)(C)c6cc(Cl)cc(C#N)c6)cc5)n4)CC3)CC2)CC1. The van der Waals surface area contributed by atoms with E-state index in [0.29, 0.717) is 35.7 Å². The Morgan fingerprint density at radius 2 is 1.55 bits per heavy atom. The Balaban J connectivity index is 0.910. The smallest absolute Gasteiger partial charge is 0.320 e. The molecule has 284 valence electrons. The number of hydrogen-bond acceptors (Lipinski definition) is 10. The lowest BCUT2D eigenvalue weighted by Crippen LogP contribution is -2.54. The van der Waals surface area contributed by atoms with Crippen molar-refractivity contribution >= 4 is 23.5 Å². The van der Waals surface area contributed by atoms with Gasteiger partial charge in [0.15, 0.2) is 0 Å². The molecule has 3 saturated heterocycles. The van der Waals surface area contributed by atoms with Crippen LogP contribution in [0.25, 0.3) is 0 Å². The third kappa shape index (κ3) is 10.7. The molecule has 0 N–H and O–H groups in total. The highest BCUT2D eigenvalue weighted by atomic mass is 35.5. The Hall–Kier alpha value is -3.75. The molecule has 53 heavy (non-hydrogen) atoms. The zero-order chi connectivity index (χ0) is 37.6. The van der Waals surface area contributed by atoms with Crippen LogP contribution in [0.5, 0.6) is 5.75 Å². The molecule has 3 aromatic rings. The van der Waals surface area contributed by atoms with Crippen molar-refractivity contribution in [2.75, 3.05) is 70.3 Å². The molecule has 0 spiro atoms. The Morgan fingerprint density at radius 1 is 0.868 bits per heavy atom. The second-order valence-corrected chi connectivity index (χ2v) is 16.9. The number of benzene rings is 2. The van der Waals surface area contributed by atoms with Gasteiger partial charge in [-0.3, -0.25) is 14.6 Å². The summed E-state index contributed by atoms with van der Waals surface area (Å²) in [5, 5.41) is 9.96. The molecule has 2 aromatic carbocycles. The van der Waals surface area contributed by atoms with Crippen LogP contribution in [0, 0.1) is 17.2 Å². The van der Waals surface area contributed by atoms with E-state index in [1.165, 1.54) is 32.5 Å². The average Bonchev–Trinajstić information content (AvgIpc) is 3.14. The maximum Gasteiger partial charge on any atom is 0.320 e. The minimum Gasteiger partial charge on any atom is -0.487 e. The number of carbonyl (C=O) groups excluding carboxylic acids is 1. The third-order valence-corrected chi connectivity index (χ3v) is 11.3. The largest absolute Gasteiger partial charge is 0.487 e. The molecule has 0 atom stereocenters. The number of rotatable bonds is 11. The van der Waals surface area contributed by atoms with Gasteiger partial charge in [0.2, 0.25) is 5.95 Å². The van der Waals surface area contributed by atoms with Crippen molar-refractivity contribution in [3.8, 4) is 11.8 Å². The number of likely N-dealkylation sites (tertiary alicyclic amines) is 2. The molecule has 0 aliphatic carbocycles. The summed E-state index contributed by atoms with van der Waals surface area (Å²) in [4.78, 5) is 31.6. The molecule has 0 bridgehead atoms. The number of hydrogen-bond donors (Lipinski definition) is 0. The average molecular weight is 742 g/mol. The maximum atomic E-state index is 12.2. The molecule has 0 saturated carbocycles. The van der Waals surface area contributed by atoms with E-state index in [1.54, 1.807) is 6.07 Å². The van der Waals surface area contributed by atoms with E-state index in [2.05, 4.69) is 56.6 Å². The lowest BCUT2D eigenvalue weighted by Gasteiger charge is -2.43. The number of ether oxygens (including phenoxy) is 2. The van der Waals surface area contributed by atoms with Crippen molar-refractivity contribution in [1.82, 2.24) is 24.7 Å². The molecule has 4 heterocycles. The van der Waals surface area contributed by atoms with Gasteiger partial charge < -0.3 is 19.3 Å². The standard InChI is InChI=1S/C42H56ClN7O3/c1-41(2,3)53-39(51)29-48-16-11-31(12-17-48)28-47-18-13-37(14-19-47)49-20-22-50(23-21-49)40-45-15-10-36(46-40)30-52-38-8-6-33(7-9-38)42(4,5)34-24-32(27-44)25-35(43)26-34/h6-10,15,24-26,31,37H,11-14,16-23,28-30H2,1-5H3. The number of aromatic nitrogens is 2. The molecule has 10 nitrogen and oxygen atoms in total. The summed E-state index contributed by atoms with van der Waals surface area (Å²) >= 11 is 6.30. The van der Waals surface area contributed by atoms with Crippen molar-refractivity contribution in [2.24, 2.45) is 5.92 Å². The zero-order valence-corrected chi connectivity index (χ0v) is 32.9. The first-order valence-electron chi connectivity index (χ1n) is 19.3. The molecular weight excluding hydrogens is 686 g/mol. The maximum absolute atomic E-state index is 12.2. The number of esters is 1. The third-order valence-electron chi connectivity index (χ3n) is 11.1. The summed E-state index contributed by atoms with van der Waals surface area (Å²) < 4.78 is 11.7. The summed E-state index contributed by atoms with van der Waals surface area (Å²) in [5.74, 6) is 2.14. The van der Waals surface area contributed by atoms with E-state index < -0.39 is 5.60 Å². The van der Waals surface area contributed by atoms with E-state index in [9.17, 15) is 10.1 Å². The highest BCUT2D eigenvalue weighted by molar-refractivity contribution is 6.30. The second kappa shape index (κ2) is 17.2. The number of nitrogens with zero attached hydrogens (tertiary/aromatic N) is 7. The van der Waals surface area contributed by atoms with Crippen LogP contribution >= 0.6 is 11.6 Å². The quantitative estimate of drug-likeness (QED) is 0.202. The van der Waals surface area contributed by atoms with Gasteiger partial charge in [-0.1, -0.05) is 37.6 Å². The summed E-state index contributed by atoms with van der Waals surface area (Å²) in [6.45, 7) is 20.2. The zero-order valence-electron chi connectivity index (χ0n) is 32.2. The number of nitriles is 1. The van der Waals surface area contributed by atoms with Crippen molar-refractivity contribution in [1.29, 1.82) is 5.26 Å². The van der Waals surface area contributed by atoms with Crippen LogP contribution in [0.1, 0.15) is 82.7 Å². The molecule has 1 aromatic heterocycles. The predicted octanol–water partition coefficient (Wildman–Crippen LogP) is 6.55. The first kappa shape index (κ1) is 39.0. The van der Waals surface area contributed by atoms with Gasteiger partial charge in [0.25, 0.3) is 0 Å². The molecule has 3 fully saturated rings. The predicted molar refractivity (Wildman–Crippen MR) is 209 cm³/mol. The van der Waals surface area contributed by atoms with Gasteiger partial charge in [0.05, 0.1) is 23.9 Å². The Morgan fingerprint density at radius 3 is 2.21 bits per heavy atom. The Kier molecular flexibility index (Phi) is 12.6. The highest BCUT2D eigenvalue weighted by Crippen LogP contribution is 2.34. The van der Waals surface area contributed by atoms with Gasteiger partial charge in [-0.05, 0) is 126 Å². The van der Waals surface area contributed by atoms with Crippen molar-refractivity contribution in [2.45, 2.75) is 84.0 Å². The van der Waals surface area contributed by atoms with E-state index >= 15 is 0 Å². The van der Waals surface area contributed by atoms with Crippen LogP contribution in [0.2, 0.25) is 5.02 Å². The van der Waals surface area contributed by atoms with Crippen molar-refractivity contribution in [3.63, 3.8) is 0 Å². The van der Waals surface area contributed by atoms with Crippen molar-refractivity contribution < 1.29 is 14.3 Å². The molecule has 3 aliphatic heterocycles. The fourth-order valence-electron chi connectivity index (χ4n) is 7.93. The van der Waals surface area contributed by atoms with Crippen LogP contribution in [-0.4, -0.2) is 108 Å². The normalized spacial score (nSPS) is 18.8. The van der Waals surface area contributed by atoms with Crippen LogP contribution < -0.4 is 9.64 Å². The van der Waals surface area contributed by atoms with Crippen molar-refractivity contribution in [3.05, 3.63) is 82.1 Å². The van der Waals surface area contributed by atoms with Gasteiger partial charge >= 0.3 is 5.97 Å². The minimum absolute atomic E-state index is 0.113. The lowest BCUT2D eigenvalue weighted by molar-refractivity contribution is -0.156. The molecule has 0 unspecified atom stereocenters. The first-order chi connectivity index (χ1) is 25.3. The van der Waals surface area contributed by atoms with Gasteiger partial charge in [-0.25, -0.2) is 9.97 Å². The minimum atomic E-state index is -0.423. The monoisotopic (exact) mass is 741 g/mol. The van der Waals surface area contributed by atoms with Crippen LogP contribution in [-0.2, 0) is 21.6 Å². The number of piperidine rings is 2. The summed E-state index contributed by atoms with van der Waals surface area (Å²) in [5.41, 5.74) is 2.76. The molecule has 11 heteroatoms. The van der Waals surface area contributed by atoms with Gasteiger partial charge in [0, 0.05) is 55.4 Å². The molecule has 0 radical (unpaired) electrons. The van der Waals surface area contributed by atoms with Gasteiger partial charge in [-0.15, -0.1) is 0 Å². The lowest BCUT2D eigenvalue weighted by atomic mass is 9.78. The topological polar surface area (TPSA) is 98.1 Å². The number of piperazine rings is 1. The number of halogens is 1. The molecule has 0 amide bonds. The highest BCUT2D eigenvalue weighted by Gasteiger charge is 2.31.